The third-order valence-corrected chi connectivity index (χ3v) is 6.82. The summed E-state index contributed by atoms with van der Waals surface area (Å²) in [5.41, 5.74) is 1.63. The Morgan fingerprint density at radius 1 is 1.28 bits per heavy atom. The minimum atomic E-state index is -4.49. The molecule has 0 radical (unpaired) electrons. The van der Waals surface area contributed by atoms with Gasteiger partial charge in [-0.1, -0.05) is 12.1 Å². The number of aliphatic hydroxyl groups excluding tert-OH is 1. The lowest BCUT2D eigenvalue weighted by molar-refractivity contribution is -0.138. The lowest BCUT2D eigenvalue weighted by atomic mass is 9.72. The maximum atomic E-state index is 13.2. The summed E-state index contributed by atoms with van der Waals surface area (Å²) in [6, 6.07) is 8.19. The van der Waals surface area contributed by atoms with Crippen LogP contribution in [-0.4, -0.2) is 40.2 Å². The normalized spacial score (nSPS) is 20.1. The Hall–Kier alpha value is -3.53. The molecule has 0 bridgehead atoms. The van der Waals surface area contributed by atoms with Crippen molar-refractivity contribution in [1.82, 2.24) is 4.90 Å². The quantitative estimate of drug-likeness (QED) is 0.505. The maximum Gasteiger partial charge on any atom is 0.416 e. The molecule has 1 fully saturated rings. The molecule has 1 spiro atoms. The number of hydrogen-bond acceptors (Lipinski definition) is 4. The molecular formula is C26H26F3N3O4. The van der Waals surface area contributed by atoms with Crippen LogP contribution in [0.1, 0.15) is 49.3 Å². The highest BCUT2D eigenvalue weighted by molar-refractivity contribution is 6.05. The smallest absolute Gasteiger partial charge is 0.416 e. The number of halogens is 3. The van der Waals surface area contributed by atoms with Gasteiger partial charge in [0.15, 0.2) is 0 Å². The monoisotopic (exact) mass is 501 g/mol. The second-order valence-corrected chi connectivity index (χ2v) is 9.71. The van der Waals surface area contributed by atoms with Crippen LogP contribution in [0.15, 0.2) is 42.5 Å². The Morgan fingerprint density at radius 3 is 2.72 bits per heavy atom. The molecule has 10 heteroatoms. The number of amides is 3. The van der Waals surface area contributed by atoms with Crippen LogP contribution in [0.25, 0.3) is 5.57 Å². The molecule has 2 aromatic rings. The van der Waals surface area contributed by atoms with E-state index < -0.39 is 29.4 Å². The number of anilines is 2. The van der Waals surface area contributed by atoms with Crippen LogP contribution in [0.3, 0.4) is 0 Å². The zero-order valence-corrected chi connectivity index (χ0v) is 19.6. The summed E-state index contributed by atoms with van der Waals surface area (Å²) in [5, 5.41) is 15.1. The van der Waals surface area contributed by atoms with Crippen molar-refractivity contribution in [3.63, 3.8) is 0 Å². The maximum absolute atomic E-state index is 13.2. The SMILES string of the molecule is C[C@@H](O)CN1Cc2ccc(NC(=O)C=C3CC4(CCC4)Oc4cc(C(F)(F)F)ccc43)cc2NC1=O. The van der Waals surface area contributed by atoms with E-state index in [-0.39, 0.29) is 18.3 Å². The van der Waals surface area contributed by atoms with E-state index in [4.69, 9.17) is 4.74 Å². The van der Waals surface area contributed by atoms with Crippen molar-refractivity contribution in [2.75, 3.05) is 17.2 Å². The summed E-state index contributed by atoms with van der Waals surface area (Å²) in [5.74, 6) is -0.280. The number of hydrogen-bond donors (Lipinski definition) is 3. The van der Waals surface area contributed by atoms with E-state index in [9.17, 15) is 27.9 Å². The van der Waals surface area contributed by atoms with Gasteiger partial charge in [-0.3, -0.25) is 4.79 Å². The Balaban J connectivity index is 1.36. The molecular weight excluding hydrogens is 475 g/mol. The number of urea groups is 1. The van der Waals surface area contributed by atoms with E-state index >= 15 is 0 Å². The molecule has 0 saturated heterocycles. The van der Waals surface area contributed by atoms with E-state index in [2.05, 4.69) is 10.6 Å². The highest BCUT2D eigenvalue weighted by Gasteiger charge is 2.44. The van der Waals surface area contributed by atoms with Crippen LogP contribution in [0.2, 0.25) is 0 Å². The van der Waals surface area contributed by atoms with Gasteiger partial charge in [-0.15, -0.1) is 0 Å². The van der Waals surface area contributed by atoms with E-state index in [1.54, 1.807) is 25.1 Å². The van der Waals surface area contributed by atoms with Gasteiger partial charge in [0.05, 0.1) is 11.7 Å². The van der Waals surface area contributed by atoms with Gasteiger partial charge >= 0.3 is 12.2 Å². The number of carbonyl (C=O) groups is 2. The van der Waals surface area contributed by atoms with E-state index in [0.29, 0.717) is 35.5 Å². The van der Waals surface area contributed by atoms with Crippen molar-refractivity contribution in [3.05, 3.63) is 59.2 Å². The van der Waals surface area contributed by atoms with E-state index in [1.165, 1.54) is 17.0 Å². The van der Waals surface area contributed by atoms with Crippen molar-refractivity contribution in [3.8, 4) is 5.75 Å². The predicted molar refractivity (Wildman–Crippen MR) is 127 cm³/mol. The molecule has 5 rings (SSSR count). The highest BCUT2D eigenvalue weighted by Crippen LogP contribution is 2.50. The summed E-state index contributed by atoms with van der Waals surface area (Å²) in [4.78, 5) is 26.7. The molecule has 2 aromatic carbocycles. The standard InChI is InChI=1S/C26H26F3N3O4/c1-15(33)13-32-14-16-3-5-19(11-21(16)31-24(32)35)30-23(34)9-17-12-25(7-2-8-25)36-22-10-18(26(27,28)29)4-6-20(17)22/h3-6,9-11,15,33H,2,7-8,12-14H2,1H3,(H,30,34)(H,31,35)/t15-/m1/s1. The summed E-state index contributed by atoms with van der Waals surface area (Å²) in [7, 11) is 0. The van der Waals surface area contributed by atoms with E-state index in [1.807, 2.05) is 0 Å². The van der Waals surface area contributed by atoms with Crippen LogP contribution in [-0.2, 0) is 17.5 Å². The number of nitrogens with zero attached hydrogens (tertiary/aromatic N) is 1. The number of ether oxygens (including phenoxy) is 1. The topological polar surface area (TPSA) is 90.9 Å². The van der Waals surface area contributed by atoms with Crippen LogP contribution >= 0.6 is 0 Å². The van der Waals surface area contributed by atoms with Gasteiger partial charge in [0.1, 0.15) is 11.4 Å². The summed E-state index contributed by atoms with van der Waals surface area (Å²) in [6.45, 7) is 2.15. The fourth-order valence-electron chi connectivity index (χ4n) is 4.92. The highest BCUT2D eigenvalue weighted by atomic mass is 19.4. The predicted octanol–water partition coefficient (Wildman–Crippen LogP) is 5.16. The summed E-state index contributed by atoms with van der Waals surface area (Å²) in [6.07, 6.45) is -0.924. The molecule has 36 heavy (non-hydrogen) atoms. The lowest BCUT2D eigenvalue weighted by Crippen LogP contribution is -2.45. The molecule has 0 aromatic heterocycles. The minimum absolute atomic E-state index is 0.146. The Bertz CT molecular complexity index is 1250. The van der Waals surface area contributed by atoms with Gasteiger partial charge in [0.25, 0.3) is 0 Å². The molecule has 3 aliphatic rings. The largest absolute Gasteiger partial charge is 0.486 e. The number of alkyl halides is 3. The molecule has 2 heterocycles. The fourth-order valence-corrected chi connectivity index (χ4v) is 4.92. The minimum Gasteiger partial charge on any atom is -0.486 e. The number of rotatable bonds is 4. The van der Waals surface area contributed by atoms with Crippen LogP contribution in [0, 0.1) is 0 Å². The number of aliphatic hydroxyl groups is 1. The fraction of sp³-hybridized carbons (Fsp3) is 0.385. The second kappa shape index (κ2) is 8.85. The number of carbonyl (C=O) groups excluding carboxylic acids is 2. The van der Waals surface area contributed by atoms with E-state index in [0.717, 1.165) is 37.0 Å². The zero-order valence-electron chi connectivity index (χ0n) is 19.6. The van der Waals surface area contributed by atoms with Crippen LogP contribution < -0.4 is 15.4 Å². The first-order chi connectivity index (χ1) is 17.0. The van der Waals surface area contributed by atoms with Crippen molar-refractivity contribution in [1.29, 1.82) is 0 Å². The van der Waals surface area contributed by atoms with Crippen molar-refractivity contribution in [2.24, 2.45) is 0 Å². The number of nitrogens with one attached hydrogen (secondary N) is 2. The van der Waals surface area contributed by atoms with Crippen LogP contribution in [0.5, 0.6) is 5.75 Å². The molecule has 3 amide bonds. The zero-order chi connectivity index (χ0) is 25.7. The van der Waals surface area contributed by atoms with Crippen LogP contribution in [0.4, 0.5) is 29.3 Å². The van der Waals surface area contributed by atoms with Gasteiger partial charge in [0.2, 0.25) is 5.91 Å². The first-order valence-corrected chi connectivity index (χ1v) is 11.8. The third kappa shape index (κ3) is 4.77. The van der Waals surface area contributed by atoms with Gasteiger partial charge in [-0.2, -0.15) is 13.2 Å². The van der Waals surface area contributed by atoms with Gasteiger partial charge < -0.3 is 25.4 Å². The Kier molecular flexibility index (Phi) is 5.94. The first-order valence-electron chi connectivity index (χ1n) is 11.8. The van der Waals surface area contributed by atoms with Gasteiger partial charge in [-0.05, 0) is 61.6 Å². The molecule has 1 aliphatic carbocycles. The summed E-state index contributed by atoms with van der Waals surface area (Å²) >= 11 is 0. The van der Waals surface area contributed by atoms with Crippen molar-refractivity contribution >= 4 is 28.9 Å². The number of β-amino-alcohol motifs (C(OH)–C–C–N with tert-alkyl or cyclic N) is 1. The third-order valence-electron chi connectivity index (χ3n) is 6.82. The lowest BCUT2D eigenvalue weighted by Gasteiger charge is -2.46. The average molecular weight is 502 g/mol. The average Bonchev–Trinajstić information content (AvgIpc) is 2.77. The van der Waals surface area contributed by atoms with Crippen molar-refractivity contribution in [2.45, 2.75) is 57.0 Å². The van der Waals surface area contributed by atoms with Crippen molar-refractivity contribution < 1.29 is 32.6 Å². The summed E-state index contributed by atoms with van der Waals surface area (Å²) < 4.78 is 45.7. The Morgan fingerprint density at radius 2 is 2.06 bits per heavy atom. The molecule has 1 saturated carbocycles. The molecule has 7 nitrogen and oxygen atoms in total. The Labute approximate surface area is 205 Å². The molecule has 3 N–H and O–H groups in total. The molecule has 1 atom stereocenters. The number of fused-ring (bicyclic) bond motifs is 2. The second-order valence-electron chi connectivity index (χ2n) is 9.71. The first kappa shape index (κ1) is 24.2. The molecule has 190 valence electrons. The molecule has 0 unspecified atom stereocenters. The van der Waals surface area contributed by atoms with Gasteiger partial charge in [-0.25, -0.2) is 4.79 Å². The number of benzene rings is 2. The molecule has 2 aliphatic heterocycles. The van der Waals surface area contributed by atoms with Gasteiger partial charge in [0, 0.05) is 42.5 Å².